The van der Waals surface area contributed by atoms with Crippen molar-refractivity contribution in [1.82, 2.24) is 4.90 Å². The Hall–Kier alpha value is -1.35. The summed E-state index contributed by atoms with van der Waals surface area (Å²) in [7, 11) is 2.10. The monoisotopic (exact) mass is 302 g/mol. The van der Waals surface area contributed by atoms with Crippen LogP contribution in [0.25, 0.3) is 0 Å². The van der Waals surface area contributed by atoms with E-state index in [1.54, 1.807) is 0 Å². The number of nitrogens with zero attached hydrogens (tertiary/aromatic N) is 1. The Morgan fingerprint density at radius 2 is 1.76 bits per heavy atom. The van der Waals surface area contributed by atoms with Crippen LogP contribution >= 0.6 is 11.6 Å². The summed E-state index contributed by atoms with van der Waals surface area (Å²) in [4.78, 5) is 2.25. The molecule has 0 aliphatic rings. The maximum absolute atomic E-state index is 6.24. The Morgan fingerprint density at radius 3 is 2.48 bits per heavy atom. The molecule has 0 radical (unpaired) electrons. The summed E-state index contributed by atoms with van der Waals surface area (Å²) in [5, 5.41) is 0.786. The van der Waals surface area contributed by atoms with Crippen molar-refractivity contribution in [3.8, 4) is 0 Å². The lowest BCUT2D eigenvalue weighted by Crippen LogP contribution is -2.35. The van der Waals surface area contributed by atoms with Crippen LogP contribution in [0.5, 0.6) is 0 Å². The predicted octanol–water partition coefficient (Wildman–Crippen LogP) is 3.73. The standard InChI is InChI=1S/C18H23ClN2/c1-21(13-16-8-5-9-17(19)12-16)14-18(20)11-10-15-6-3-2-4-7-15/h2-9,12,18H,10-11,13-14,20H2,1H3. The Balaban J connectivity index is 1.75. The van der Waals surface area contributed by atoms with E-state index in [1.165, 1.54) is 11.1 Å². The summed E-state index contributed by atoms with van der Waals surface area (Å²) in [6.07, 6.45) is 2.04. The van der Waals surface area contributed by atoms with Crippen LogP contribution < -0.4 is 5.73 Å². The van der Waals surface area contributed by atoms with Crippen LogP contribution in [-0.2, 0) is 13.0 Å². The quantitative estimate of drug-likeness (QED) is 0.844. The van der Waals surface area contributed by atoms with E-state index in [1.807, 2.05) is 24.3 Å². The van der Waals surface area contributed by atoms with E-state index in [0.717, 1.165) is 31.0 Å². The van der Waals surface area contributed by atoms with E-state index >= 15 is 0 Å². The van der Waals surface area contributed by atoms with Crippen LogP contribution in [0.15, 0.2) is 54.6 Å². The molecule has 1 atom stereocenters. The first-order valence-electron chi connectivity index (χ1n) is 7.36. The van der Waals surface area contributed by atoms with Crippen LogP contribution in [0.1, 0.15) is 17.5 Å². The number of hydrogen-bond acceptors (Lipinski definition) is 2. The van der Waals surface area contributed by atoms with Gasteiger partial charge in [0.15, 0.2) is 0 Å². The van der Waals surface area contributed by atoms with Crippen molar-refractivity contribution in [3.05, 3.63) is 70.7 Å². The molecule has 0 bridgehead atoms. The Morgan fingerprint density at radius 1 is 1.05 bits per heavy atom. The van der Waals surface area contributed by atoms with Crippen molar-refractivity contribution in [2.24, 2.45) is 5.73 Å². The zero-order valence-electron chi connectivity index (χ0n) is 12.5. The molecule has 0 amide bonds. The van der Waals surface area contributed by atoms with E-state index in [2.05, 4.69) is 42.3 Å². The second kappa shape index (κ2) is 8.18. The first kappa shape index (κ1) is 16.0. The number of likely N-dealkylation sites (N-methyl/N-ethyl adjacent to an activating group) is 1. The molecular formula is C18H23ClN2. The maximum atomic E-state index is 6.24. The average Bonchev–Trinajstić information content (AvgIpc) is 2.46. The van der Waals surface area contributed by atoms with Gasteiger partial charge in [-0.25, -0.2) is 0 Å². The minimum atomic E-state index is 0.189. The van der Waals surface area contributed by atoms with Crippen molar-refractivity contribution in [3.63, 3.8) is 0 Å². The second-order valence-electron chi connectivity index (χ2n) is 5.61. The van der Waals surface area contributed by atoms with Gasteiger partial charge in [-0.05, 0) is 43.1 Å². The lowest BCUT2D eigenvalue weighted by atomic mass is 10.1. The van der Waals surface area contributed by atoms with Gasteiger partial charge in [0, 0.05) is 24.2 Å². The van der Waals surface area contributed by atoms with Crippen molar-refractivity contribution in [2.75, 3.05) is 13.6 Å². The van der Waals surface area contributed by atoms with E-state index in [9.17, 15) is 0 Å². The van der Waals surface area contributed by atoms with Crippen LogP contribution in [0.3, 0.4) is 0 Å². The van der Waals surface area contributed by atoms with Crippen molar-refractivity contribution < 1.29 is 0 Å². The second-order valence-corrected chi connectivity index (χ2v) is 6.05. The smallest absolute Gasteiger partial charge is 0.0409 e. The van der Waals surface area contributed by atoms with Crippen LogP contribution in [0, 0.1) is 0 Å². The fourth-order valence-electron chi connectivity index (χ4n) is 2.50. The number of halogens is 1. The average molecular weight is 303 g/mol. The van der Waals surface area contributed by atoms with E-state index in [0.29, 0.717) is 0 Å². The summed E-state index contributed by atoms with van der Waals surface area (Å²) >= 11 is 6.01. The zero-order valence-corrected chi connectivity index (χ0v) is 13.3. The molecular weight excluding hydrogens is 280 g/mol. The molecule has 2 nitrogen and oxygen atoms in total. The van der Waals surface area contributed by atoms with Gasteiger partial charge in [-0.3, -0.25) is 0 Å². The van der Waals surface area contributed by atoms with Gasteiger partial charge in [0.25, 0.3) is 0 Å². The van der Waals surface area contributed by atoms with Crippen LogP contribution in [0.2, 0.25) is 5.02 Å². The van der Waals surface area contributed by atoms with E-state index < -0.39 is 0 Å². The Kier molecular flexibility index (Phi) is 6.24. The number of aryl methyl sites for hydroxylation is 1. The molecule has 0 heterocycles. The molecule has 0 spiro atoms. The molecule has 0 fully saturated rings. The molecule has 0 aliphatic heterocycles. The first-order chi connectivity index (χ1) is 10.1. The predicted molar refractivity (Wildman–Crippen MR) is 90.5 cm³/mol. The first-order valence-corrected chi connectivity index (χ1v) is 7.74. The largest absolute Gasteiger partial charge is 0.327 e. The summed E-state index contributed by atoms with van der Waals surface area (Å²) in [6.45, 7) is 1.76. The third-order valence-corrected chi connectivity index (χ3v) is 3.77. The van der Waals surface area contributed by atoms with Gasteiger partial charge < -0.3 is 10.6 Å². The molecule has 2 aromatic rings. The van der Waals surface area contributed by atoms with Crippen molar-refractivity contribution >= 4 is 11.6 Å². The van der Waals surface area contributed by atoms with Gasteiger partial charge >= 0.3 is 0 Å². The van der Waals surface area contributed by atoms with E-state index in [-0.39, 0.29) is 6.04 Å². The zero-order chi connectivity index (χ0) is 15.1. The third kappa shape index (κ3) is 5.88. The normalized spacial score (nSPS) is 12.6. The van der Waals surface area contributed by atoms with Gasteiger partial charge in [-0.1, -0.05) is 54.1 Å². The number of rotatable bonds is 7. The van der Waals surface area contributed by atoms with Gasteiger partial charge in [0.1, 0.15) is 0 Å². The number of hydrogen-bond donors (Lipinski definition) is 1. The van der Waals surface area contributed by atoms with Gasteiger partial charge in [0.05, 0.1) is 0 Å². The van der Waals surface area contributed by atoms with Gasteiger partial charge in [-0.15, -0.1) is 0 Å². The molecule has 1 unspecified atom stereocenters. The summed E-state index contributed by atoms with van der Waals surface area (Å²) in [6, 6.07) is 18.7. The molecule has 2 aromatic carbocycles. The fraction of sp³-hybridized carbons (Fsp3) is 0.333. The van der Waals surface area contributed by atoms with Gasteiger partial charge in [-0.2, -0.15) is 0 Å². The van der Waals surface area contributed by atoms with Gasteiger partial charge in [0.2, 0.25) is 0 Å². The molecule has 2 N–H and O–H groups in total. The van der Waals surface area contributed by atoms with Crippen molar-refractivity contribution in [1.29, 1.82) is 0 Å². The minimum absolute atomic E-state index is 0.189. The lowest BCUT2D eigenvalue weighted by molar-refractivity contribution is 0.297. The highest BCUT2D eigenvalue weighted by molar-refractivity contribution is 6.30. The van der Waals surface area contributed by atoms with Crippen LogP contribution in [0.4, 0.5) is 0 Å². The molecule has 0 aliphatic carbocycles. The molecule has 0 saturated carbocycles. The Labute approximate surface area is 132 Å². The van der Waals surface area contributed by atoms with E-state index in [4.69, 9.17) is 17.3 Å². The molecule has 0 aromatic heterocycles. The van der Waals surface area contributed by atoms with Crippen LogP contribution in [-0.4, -0.2) is 24.5 Å². The number of benzene rings is 2. The SMILES string of the molecule is CN(Cc1cccc(Cl)c1)CC(N)CCc1ccccc1. The summed E-state index contributed by atoms with van der Waals surface area (Å²) in [5.74, 6) is 0. The summed E-state index contributed by atoms with van der Waals surface area (Å²) < 4.78 is 0. The highest BCUT2D eigenvalue weighted by Gasteiger charge is 2.08. The molecule has 112 valence electrons. The topological polar surface area (TPSA) is 29.3 Å². The lowest BCUT2D eigenvalue weighted by Gasteiger charge is -2.21. The maximum Gasteiger partial charge on any atom is 0.0409 e. The summed E-state index contributed by atoms with van der Waals surface area (Å²) in [5.41, 5.74) is 8.81. The molecule has 3 heteroatoms. The fourth-order valence-corrected chi connectivity index (χ4v) is 2.71. The number of nitrogens with two attached hydrogens (primary N) is 1. The Bertz CT molecular complexity index is 542. The minimum Gasteiger partial charge on any atom is -0.327 e. The molecule has 21 heavy (non-hydrogen) atoms. The highest BCUT2D eigenvalue weighted by Crippen LogP contribution is 2.12. The molecule has 2 rings (SSSR count). The molecule has 0 saturated heterocycles. The highest BCUT2D eigenvalue weighted by atomic mass is 35.5. The third-order valence-electron chi connectivity index (χ3n) is 3.53. The van der Waals surface area contributed by atoms with Crippen molar-refractivity contribution in [2.45, 2.75) is 25.4 Å².